The van der Waals surface area contributed by atoms with Gasteiger partial charge in [0.2, 0.25) is 0 Å². The molecule has 0 aliphatic carbocycles. The molecule has 19 heavy (non-hydrogen) atoms. The van der Waals surface area contributed by atoms with Gasteiger partial charge in [-0.2, -0.15) is 0 Å². The van der Waals surface area contributed by atoms with E-state index >= 15 is 0 Å². The van der Waals surface area contributed by atoms with Gasteiger partial charge in [0.05, 0.1) is 0 Å². The molecule has 1 aliphatic heterocycles. The van der Waals surface area contributed by atoms with Crippen molar-refractivity contribution in [3.8, 4) is 0 Å². The Hall–Kier alpha value is -1.19. The van der Waals surface area contributed by atoms with Crippen LogP contribution in [0.2, 0.25) is 0 Å². The van der Waals surface area contributed by atoms with E-state index in [1.54, 1.807) is 41.8 Å². The molecule has 0 aromatic heterocycles. The van der Waals surface area contributed by atoms with Crippen LogP contribution in [-0.4, -0.2) is 17.3 Å². The molecule has 98 valence electrons. The molecule has 1 saturated heterocycles. The minimum absolute atomic E-state index is 0.0645. The highest BCUT2D eigenvalue weighted by Crippen LogP contribution is 2.34. The Bertz CT molecular complexity index is 493. The Morgan fingerprint density at radius 1 is 1.05 bits per heavy atom. The quantitative estimate of drug-likeness (QED) is 0.598. The van der Waals surface area contributed by atoms with Crippen LogP contribution in [0, 0.1) is 0 Å². The predicted octanol–water partition coefficient (Wildman–Crippen LogP) is 4.54. The second-order valence-electron chi connectivity index (χ2n) is 4.05. The number of rotatable bonds is 4. The van der Waals surface area contributed by atoms with Crippen molar-refractivity contribution >= 4 is 35.4 Å². The maximum atomic E-state index is 11.7. The van der Waals surface area contributed by atoms with Crippen LogP contribution in [0.5, 0.6) is 0 Å². The van der Waals surface area contributed by atoms with Crippen molar-refractivity contribution in [2.45, 2.75) is 6.42 Å². The Labute approximate surface area is 122 Å². The summed E-state index contributed by atoms with van der Waals surface area (Å²) >= 11 is 3.56. The number of carbonyl (C=O) groups excluding carboxylic acids is 1. The van der Waals surface area contributed by atoms with Crippen molar-refractivity contribution in [3.05, 3.63) is 64.4 Å². The summed E-state index contributed by atoms with van der Waals surface area (Å²) in [6.45, 7) is 0. The number of benzene rings is 1. The molecular weight excluding hydrogens is 272 g/mol. The van der Waals surface area contributed by atoms with Gasteiger partial charge in [-0.25, -0.2) is 0 Å². The molecule has 1 aliphatic rings. The molecule has 0 unspecified atom stereocenters. The summed E-state index contributed by atoms with van der Waals surface area (Å²) in [5.41, 5.74) is 1.14. The summed E-state index contributed by atoms with van der Waals surface area (Å²) in [7, 11) is 0. The van der Waals surface area contributed by atoms with Gasteiger partial charge in [0, 0.05) is 10.3 Å². The fourth-order valence-electron chi connectivity index (χ4n) is 1.57. The number of hydrogen-bond donors (Lipinski definition) is 0. The highest BCUT2D eigenvalue weighted by molar-refractivity contribution is 8.22. The van der Waals surface area contributed by atoms with Crippen LogP contribution in [0.3, 0.4) is 0 Å². The number of carbonyl (C=O) groups is 1. The van der Waals surface area contributed by atoms with E-state index in [4.69, 9.17) is 0 Å². The molecule has 0 N–H and O–H groups in total. The zero-order valence-electron chi connectivity index (χ0n) is 10.6. The largest absolute Gasteiger partial charge is 0.290 e. The first-order valence-electron chi connectivity index (χ1n) is 6.26. The van der Waals surface area contributed by atoms with Crippen LogP contribution in [0.4, 0.5) is 0 Å². The first-order valence-corrected chi connectivity index (χ1v) is 8.23. The second-order valence-corrected chi connectivity index (χ2v) is 6.58. The predicted molar refractivity (Wildman–Crippen MR) is 87.2 cm³/mol. The number of hydrogen-bond acceptors (Lipinski definition) is 3. The monoisotopic (exact) mass is 288 g/mol. The lowest BCUT2D eigenvalue weighted by Gasteiger charge is -2.11. The second kappa shape index (κ2) is 8.08. The topological polar surface area (TPSA) is 17.1 Å². The van der Waals surface area contributed by atoms with E-state index in [-0.39, 0.29) is 5.78 Å². The third-order valence-electron chi connectivity index (χ3n) is 2.50. The fraction of sp³-hybridized carbons (Fsp3) is 0.188. The standard InChI is InChI=1S/C16H16OS2/c17-15(13-16-18-11-6-12-19-16)10-5-4-9-14-7-2-1-3-8-14/h1-5,7-10,13H,6,11-12H2/b9-4+,10-5+. The Balaban J connectivity index is 1.85. The summed E-state index contributed by atoms with van der Waals surface area (Å²) in [5.74, 6) is 2.32. The zero-order valence-corrected chi connectivity index (χ0v) is 12.3. The maximum Gasteiger partial charge on any atom is 0.180 e. The van der Waals surface area contributed by atoms with Crippen LogP contribution >= 0.6 is 23.5 Å². The van der Waals surface area contributed by atoms with Crippen LogP contribution in [-0.2, 0) is 4.79 Å². The van der Waals surface area contributed by atoms with Gasteiger partial charge in [-0.3, -0.25) is 4.79 Å². The van der Waals surface area contributed by atoms with Gasteiger partial charge >= 0.3 is 0 Å². The average molecular weight is 288 g/mol. The molecule has 0 bridgehead atoms. The molecule has 0 spiro atoms. The molecule has 0 atom stereocenters. The number of thioether (sulfide) groups is 2. The van der Waals surface area contributed by atoms with Crippen LogP contribution < -0.4 is 0 Å². The molecule has 0 saturated carbocycles. The van der Waals surface area contributed by atoms with Crippen molar-refractivity contribution in [1.82, 2.24) is 0 Å². The van der Waals surface area contributed by atoms with Crippen LogP contribution in [0.15, 0.2) is 58.9 Å². The summed E-state index contributed by atoms with van der Waals surface area (Å²) in [4.78, 5) is 11.7. The summed E-state index contributed by atoms with van der Waals surface area (Å²) in [6.07, 6.45) is 10.3. The van der Waals surface area contributed by atoms with E-state index < -0.39 is 0 Å². The molecule has 2 rings (SSSR count). The van der Waals surface area contributed by atoms with Crippen molar-refractivity contribution in [2.24, 2.45) is 0 Å². The van der Waals surface area contributed by atoms with E-state index in [9.17, 15) is 4.79 Å². The van der Waals surface area contributed by atoms with Crippen molar-refractivity contribution < 1.29 is 4.79 Å². The summed E-state index contributed by atoms with van der Waals surface area (Å²) in [6, 6.07) is 10.0. The van der Waals surface area contributed by atoms with Gasteiger partial charge in [0.1, 0.15) is 0 Å². The van der Waals surface area contributed by atoms with E-state index in [0.717, 1.165) is 21.3 Å². The average Bonchev–Trinajstić information content (AvgIpc) is 2.46. The third-order valence-corrected chi connectivity index (χ3v) is 4.99. The van der Waals surface area contributed by atoms with E-state index in [1.165, 1.54) is 6.42 Å². The van der Waals surface area contributed by atoms with E-state index in [1.807, 2.05) is 42.5 Å². The zero-order chi connectivity index (χ0) is 13.3. The molecular formula is C16H16OS2. The molecule has 1 fully saturated rings. The van der Waals surface area contributed by atoms with Gasteiger partial charge in [-0.15, -0.1) is 23.5 Å². The van der Waals surface area contributed by atoms with Crippen LogP contribution in [0.1, 0.15) is 12.0 Å². The number of allylic oxidation sites excluding steroid dienone is 4. The summed E-state index contributed by atoms with van der Waals surface area (Å²) in [5, 5.41) is 0. The van der Waals surface area contributed by atoms with Gasteiger partial charge in [-0.1, -0.05) is 48.6 Å². The Morgan fingerprint density at radius 3 is 2.53 bits per heavy atom. The lowest BCUT2D eigenvalue weighted by Crippen LogP contribution is -1.94. The van der Waals surface area contributed by atoms with Gasteiger partial charge in [0.25, 0.3) is 0 Å². The molecule has 1 aromatic rings. The number of ketones is 1. The molecule has 0 radical (unpaired) electrons. The van der Waals surface area contributed by atoms with Gasteiger partial charge < -0.3 is 0 Å². The highest BCUT2D eigenvalue weighted by atomic mass is 32.2. The van der Waals surface area contributed by atoms with Gasteiger partial charge in [0.15, 0.2) is 5.78 Å². The first kappa shape index (κ1) is 14.2. The maximum absolute atomic E-state index is 11.7. The lowest BCUT2D eigenvalue weighted by molar-refractivity contribution is -0.110. The minimum Gasteiger partial charge on any atom is -0.290 e. The molecule has 1 aromatic carbocycles. The fourth-order valence-corrected chi connectivity index (χ4v) is 3.97. The molecule has 0 amide bonds. The SMILES string of the molecule is O=C(C=C1SCCCS1)/C=C/C=C/c1ccccc1. The lowest BCUT2D eigenvalue weighted by atomic mass is 10.2. The van der Waals surface area contributed by atoms with Crippen molar-refractivity contribution in [3.63, 3.8) is 0 Å². The first-order chi connectivity index (χ1) is 9.34. The molecule has 1 heterocycles. The van der Waals surface area contributed by atoms with Gasteiger partial charge in [-0.05, 0) is 29.6 Å². The Morgan fingerprint density at radius 2 is 1.79 bits per heavy atom. The smallest absolute Gasteiger partial charge is 0.180 e. The highest BCUT2D eigenvalue weighted by Gasteiger charge is 2.06. The summed E-state index contributed by atoms with van der Waals surface area (Å²) < 4.78 is 1.15. The van der Waals surface area contributed by atoms with Crippen molar-refractivity contribution in [1.29, 1.82) is 0 Å². The third kappa shape index (κ3) is 5.53. The Kier molecular flexibility index (Phi) is 6.05. The van der Waals surface area contributed by atoms with E-state index in [0.29, 0.717) is 0 Å². The normalized spacial score (nSPS) is 16.1. The van der Waals surface area contributed by atoms with Crippen molar-refractivity contribution in [2.75, 3.05) is 11.5 Å². The van der Waals surface area contributed by atoms with E-state index in [2.05, 4.69) is 0 Å². The minimum atomic E-state index is 0.0645. The molecule has 3 heteroatoms. The van der Waals surface area contributed by atoms with Crippen LogP contribution in [0.25, 0.3) is 6.08 Å². The molecule has 1 nitrogen and oxygen atoms in total.